The van der Waals surface area contributed by atoms with Crippen molar-refractivity contribution in [1.82, 2.24) is 10.3 Å². The number of carbonyl (C=O) groups is 2. The first-order valence-electron chi connectivity index (χ1n) is 6.91. The average Bonchev–Trinajstić information content (AvgIpc) is 3.26. The number of anilines is 1. The maximum atomic E-state index is 12.8. The van der Waals surface area contributed by atoms with Crippen LogP contribution >= 0.6 is 11.3 Å². The van der Waals surface area contributed by atoms with Crippen molar-refractivity contribution in [3.05, 3.63) is 46.7 Å². The molecule has 1 heterocycles. The molecule has 0 atom stereocenters. The van der Waals surface area contributed by atoms with Crippen molar-refractivity contribution in [1.29, 1.82) is 0 Å². The number of halogens is 1. The first-order valence-corrected chi connectivity index (χ1v) is 7.79. The Morgan fingerprint density at radius 3 is 2.68 bits per heavy atom. The zero-order valence-corrected chi connectivity index (χ0v) is 12.5. The first kappa shape index (κ1) is 14.6. The summed E-state index contributed by atoms with van der Waals surface area (Å²) in [5, 5.41) is 7.63. The van der Waals surface area contributed by atoms with Crippen LogP contribution in [-0.2, 0) is 4.79 Å². The minimum Gasteiger partial charge on any atom is -0.343 e. The molecule has 1 aliphatic rings. The van der Waals surface area contributed by atoms with Crippen molar-refractivity contribution in [2.24, 2.45) is 0 Å². The molecule has 5 nitrogen and oxygen atoms in total. The fourth-order valence-corrected chi connectivity index (χ4v) is 2.75. The molecule has 1 aliphatic carbocycles. The third-order valence-electron chi connectivity index (χ3n) is 3.28. The highest BCUT2D eigenvalue weighted by Crippen LogP contribution is 2.40. The zero-order chi connectivity index (χ0) is 15.5. The van der Waals surface area contributed by atoms with E-state index in [1.54, 1.807) is 0 Å². The van der Waals surface area contributed by atoms with Crippen LogP contribution in [0.4, 0.5) is 9.52 Å². The lowest BCUT2D eigenvalue weighted by Gasteiger charge is -2.05. The van der Waals surface area contributed by atoms with Crippen LogP contribution < -0.4 is 10.6 Å². The Bertz CT molecular complexity index is 695. The fraction of sp³-hybridized carbons (Fsp3) is 0.267. The highest BCUT2D eigenvalue weighted by molar-refractivity contribution is 7.13. The summed E-state index contributed by atoms with van der Waals surface area (Å²) in [5.41, 5.74) is 1.33. The lowest BCUT2D eigenvalue weighted by Crippen LogP contribution is -2.32. The van der Waals surface area contributed by atoms with Gasteiger partial charge in [-0.3, -0.25) is 9.59 Å². The maximum absolute atomic E-state index is 12.8. The number of carbonyl (C=O) groups excluding carboxylic acids is 2. The lowest BCUT2D eigenvalue weighted by atomic mass is 10.2. The van der Waals surface area contributed by atoms with E-state index in [9.17, 15) is 14.0 Å². The van der Waals surface area contributed by atoms with Crippen molar-refractivity contribution >= 4 is 28.3 Å². The molecule has 0 saturated heterocycles. The highest BCUT2D eigenvalue weighted by atomic mass is 32.1. The van der Waals surface area contributed by atoms with Crippen LogP contribution in [0, 0.1) is 5.82 Å². The topological polar surface area (TPSA) is 71.1 Å². The Labute approximate surface area is 130 Å². The number of hydrogen-bond acceptors (Lipinski definition) is 4. The van der Waals surface area contributed by atoms with Gasteiger partial charge in [0.2, 0.25) is 5.91 Å². The van der Waals surface area contributed by atoms with E-state index in [0.29, 0.717) is 16.6 Å². The van der Waals surface area contributed by atoms with Crippen LogP contribution in [0.15, 0.2) is 29.6 Å². The molecule has 3 rings (SSSR count). The summed E-state index contributed by atoms with van der Waals surface area (Å²) in [6.07, 6.45) is 2.32. The second-order valence-electron chi connectivity index (χ2n) is 5.09. The van der Waals surface area contributed by atoms with Gasteiger partial charge in [0.25, 0.3) is 5.91 Å². The highest BCUT2D eigenvalue weighted by Gasteiger charge is 2.26. The maximum Gasteiger partial charge on any atom is 0.251 e. The number of amides is 2. The number of rotatable bonds is 5. The van der Waals surface area contributed by atoms with E-state index in [-0.39, 0.29) is 12.5 Å². The SMILES string of the molecule is O=C(CNC(=O)c1ccc(F)cc1)Nc1nc(C2CC2)cs1. The Balaban J connectivity index is 1.48. The van der Waals surface area contributed by atoms with Crippen LogP contribution in [0.2, 0.25) is 0 Å². The molecule has 1 aromatic heterocycles. The largest absolute Gasteiger partial charge is 0.343 e. The third kappa shape index (κ3) is 3.67. The van der Waals surface area contributed by atoms with E-state index in [2.05, 4.69) is 15.6 Å². The average molecular weight is 319 g/mol. The predicted octanol–water partition coefficient (Wildman–Crippen LogP) is 2.53. The van der Waals surface area contributed by atoms with Gasteiger partial charge in [0.05, 0.1) is 12.2 Å². The predicted molar refractivity (Wildman–Crippen MR) is 81.5 cm³/mol. The second kappa shape index (κ2) is 6.23. The summed E-state index contributed by atoms with van der Waals surface area (Å²) >= 11 is 1.38. The molecule has 0 aliphatic heterocycles. The monoisotopic (exact) mass is 319 g/mol. The molecule has 2 amide bonds. The molecule has 0 unspecified atom stereocenters. The normalized spacial score (nSPS) is 13.7. The summed E-state index contributed by atoms with van der Waals surface area (Å²) in [5.74, 6) is -0.635. The van der Waals surface area contributed by atoms with Crippen molar-refractivity contribution in [2.75, 3.05) is 11.9 Å². The van der Waals surface area contributed by atoms with Gasteiger partial charge >= 0.3 is 0 Å². The molecule has 2 aromatic rings. The molecule has 1 aromatic carbocycles. The smallest absolute Gasteiger partial charge is 0.251 e. The van der Waals surface area contributed by atoms with Crippen LogP contribution in [0.3, 0.4) is 0 Å². The number of nitrogens with zero attached hydrogens (tertiary/aromatic N) is 1. The van der Waals surface area contributed by atoms with Gasteiger partial charge < -0.3 is 10.6 Å². The summed E-state index contributed by atoms with van der Waals surface area (Å²) in [4.78, 5) is 27.9. The Kier molecular flexibility index (Phi) is 4.15. The van der Waals surface area contributed by atoms with Crippen LogP contribution in [-0.4, -0.2) is 23.3 Å². The molecule has 7 heteroatoms. The molecular weight excluding hydrogens is 305 g/mol. The minimum atomic E-state index is -0.423. The van der Waals surface area contributed by atoms with E-state index in [1.807, 2.05) is 5.38 Å². The molecule has 22 heavy (non-hydrogen) atoms. The fourth-order valence-electron chi connectivity index (χ4n) is 1.94. The number of thiazole rings is 1. The summed E-state index contributed by atoms with van der Waals surface area (Å²) < 4.78 is 12.8. The number of aromatic nitrogens is 1. The van der Waals surface area contributed by atoms with Gasteiger partial charge in [0.15, 0.2) is 5.13 Å². The number of hydrogen-bond donors (Lipinski definition) is 2. The van der Waals surface area contributed by atoms with E-state index >= 15 is 0 Å². The van der Waals surface area contributed by atoms with E-state index in [4.69, 9.17) is 0 Å². The van der Waals surface area contributed by atoms with Gasteiger partial charge in [-0.05, 0) is 37.1 Å². The van der Waals surface area contributed by atoms with Crippen molar-refractivity contribution in [3.8, 4) is 0 Å². The molecule has 1 fully saturated rings. The van der Waals surface area contributed by atoms with Crippen LogP contribution in [0.25, 0.3) is 0 Å². The summed E-state index contributed by atoms with van der Waals surface area (Å²) in [6.45, 7) is -0.158. The van der Waals surface area contributed by atoms with Crippen LogP contribution in [0.5, 0.6) is 0 Å². The van der Waals surface area contributed by atoms with Gasteiger partial charge in [-0.2, -0.15) is 0 Å². The number of nitrogens with one attached hydrogen (secondary N) is 2. The van der Waals surface area contributed by atoms with Crippen LogP contribution in [0.1, 0.15) is 34.8 Å². The Hall–Kier alpha value is -2.28. The second-order valence-corrected chi connectivity index (χ2v) is 5.95. The van der Waals surface area contributed by atoms with Gasteiger partial charge in [0, 0.05) is 16.9 Å². The number of benzene rings is 1. The molecule has 2 N–H and O–H groups in total. The molecule has 0 radical (unpaired) electrons. The van der Waals surface area contributed by atoms with E-state index in [1.165, 1.54) is 35.6 Å². The Morgan fingerprint density at radius 2 is 2.00 bits per heavy atom. The summed E-state index contributed by atoms with van der Waals surface area (Å²) in [6, 6.07) is 5.13. The van der Waals surface area contributed by atoms with E-state index < -0.39 is 11.7 Å². The minimum absolute atomic E-state index is 0.158. The standard InChI is InChI=1S/C15H14FN3O2S/c16-11-5-3-10(4-6-11)14(21)17-7-13(20)19-15-18-12(8-22-15)9-1-2-9/h3-6,8-9H,1-2,7H2,(H,17,21)(H,18,19,20). The first-order chi connectivity index (χ1) is 10.6. The zero-order valence-electron chi connectivity index (χ0n) is 11.6. The molecule has 114 valence electrons. The molecule has 0 spiro atoms. The molecule has 0 bridgehead atoms. The van der Waals surface area contributed by atoms with Crippen molar-refractivity contribution in [3.63, 3.8) is 0 Å². The Morgan fingerprint density at radius 1 is 1.27 bits per heavy atom. The molecule has 1 saturated carbocycles. The van der Waals surface area contributed by atoms with Crippen molar-refractivity contribution < 1.29 is 14.0 Å². The molecular formula is C15H14FN3O2S. The van der Waals surface area contributed by atoms with E-state index in [0.717, 1.165) is 18.5 Å². The van der Waals surface area contributed by atoms with Gasteiger partial charge in [-0.25, -0.2) is 9.37 Å². The quantitative estimate of drug-likeness (QED) is 0.889. The van der Waals surface area contributed by atoms with Gasteiger partial charge in [0.1, 0.15) is 5.82 Å². The summed E-state index contributed by atoms with van der Waals surface area (Å²) in [7, 11) is 0. The third-order valence-corrected chi connectivity index (χ3v) is 4.06. The lowest BCUT2D eigenvalue weighted by molar-refractivity contribution is -0.115. The van der Waals surface area contributed by atoms with Gasteiger partial charge in [-0.15, -0.1) is 11.3 Å². The van der Waals surface area contributed by atoms with Crippen molar-refractivity contribution in [2.45, 2.75) is 18.8 Å². The van der Waals surface area contributed by atoms with Gasteiger partial charge in [-0.1, -0.05) is 0 Å².